The second-order valence-corrected chi connectivity index (χ2v) is 5.23. The summed E-state index contributed by atoms with van der Waals surface area (Å²) in [6, 6.07) is 8.68. The Hall–Kier alpha value is -2.06. The molecule has 0 saturated heterocycles. The lowest BCUT2D eigenvalue weighted by molar-refractivity contribution is 0.0524. The number of hydrogen-bond donors (Lipinski definition) is 2. The van der Waals surface area contributed by atoms with E-state index in [0.717, 1.165) is 5.56 Å². The third-order valence-electron chi connectivity index (χ3n) is 2.31. The lowest BCUT2D eigenvalue weighted by atomic mass is 10.1. The van der Waals surface area contributed by atoms with Crippen LogP contribution >= 0.6 is 0 Å². The van der Waals surface area contributed by atoms with Crippen molar-refractivity contribution in [2.45, 2.75) is 32.4 Å². The van der Waals surface area contributed by atoms with Crippen LogP contribution in [0.25, 0.3) is 0 Å². The maximum Gasteiger partial charge on any atom is 0.407 e. The van der Waals surface area contributed by atoms with Crippen molar-refractivity contribution in [2.24, 2.45) is 5.73 Å². The van der Waals surface area contributed by atoms with Crippen molar-refractivity contribution in [3.05, 3.63) is 35.4 Å². The number of carbonyl (C=O) groups excluding carboxylic acids is 1. The first kappa shape index (κ1) is 15.0. The molecule has 5 heteroatoms. The van der Waals surface area contributed by atoms with Crippen LogP contribution in [0.1, 0.15) is 37.9 Å². The molecule has 0 heterocycles. The van der Waals surface area contributed by atoms with E-state index in [4.69, 9.17) is 15.7 Å². The van der Waals surface area contributed by atoms with Crippen molar-refractivity contribution in [1.82, 2.24) is 5.32 Å². The van der Waals surface area contributed by atoms with E-state index in [-0.39, 0.29) is 12.6 Å². The van der Waals surface area contributed by atoms with Crippen molar-refractivity contribution >= 4 is 6.09 Å². The van der Waals surface area contributed by atoms with Gasteiger partial charge >= 0.3 is 6.09 Å². The van der Waals surface area contributed by atoms with E-state index < -0.39 is 11.7 Å². The van der Waals surface area contributed by atoms with Gasteiger partial charge in [0.15, 0.2) is 0 Å². The zero-order chi connectivity index (χ0) is 14.5. The smallest absolute Gasteiger partial charge is 0.407 e. The second kappa shape index (κ2) is 6.21. The van der Waals surface area contributed by atoms with Crippen LogP contribution in [0.2, 0.25) is 0 Å². The predicted molar refractivity (Wildman–Crippen MR) is 72.3 cm³/mol. The summed E-state index contributed by atoms with van der Waals surface area (Å²) in [5, 5.41) is 11.4. The number of carbonyl (C=O) groups is 1. The summed E-state index contributed by atoms with van der Waals surface area (Å²) in [5.74, 6) is 0. The van der Waals surface area contributed by atoms with E-state index >= 15 is 0 Å². The zero-order valence-corrected chi connectivity index (χ0v) is 11.4. The maximum atomic E-state index is 11.5. The quantitative estimate of drug-likeness (QED) is 0.872. The Kier molecular flexibility index (Phi) is 4.90. The van der Waals surface area contributed by atoms with Crippen LogP contribution in [0.3, 0.4) is 0 Å². The zero-order valence-electron chi connectivity index (χ0n) is 11.4. The molecule has 5 nitrogen and oxygen atoms in total. The highest BCUT2D eigenvalue weighted by Gasteiger charge is 2.16. The summed E-state index contributed by atoms with van der Waals surface area (Å²) in [6.07, 6.45) is -0.501. The van der Waals surface area contributed by atoms with Gasteiger partial charge in [-0.05, 0) is 38.5 Å². The molecule has 0 aliphatic carbocycles. The molecule has 0 bridgehead atoms. The number of nitrogens with zero attached hydrogens (tertiary/aromatic N) is 1. The van der Waals surface area contributed by atoms with Gasteiger partial charge < -0.3 is 15.8 Å². The molecule has 0 radical (unpaired) electrons. The largest absolute Gasteiger partial charge is 0.444 e. The van der Waals surface area contributed by atoms with Gasteiger partial charge in [0.25, 0.3) is 0 Å². The van der Waals surface area contributed by atoms with Crippen LogP contribution < -0.4 is 11.1 Å². The van der Waals surface area contributed by atoms with Gasteiger partial charge in [-0.1, -0.05) is 12.1 Å². The van der Waals surface area contributed by atoms with E-state index in [9.17, 15) is 4.79 Å². The molecule has 0 spiro atoms. The van der Waals surface area contributed by atoms with E-state index in [1.807, 2.05) is 6.07 Å². The molecular weight excluding hydrogens is 242 g/mol. The Morgan fingerprint density at radius 2 is 2.21 bits per heavy atom. The first-order valence-electron chi connectivity index (χ1n) is 6.04. The summed E-state index contributed by atoms with van der Waals surface area (Å²) in [6.45, 7) is 5.64. The summed E-state index contributed by atoms with van der Waals surface area (Å²) in [7, 11) is 0. The standard InChI is InChI=1S/C14H19N3O2/c1-14(2,3)19-13(18)17-9-12(16)11-6-4-5-10(7-11)8-15/h4-7,12H,9,16H2,1-3H3,(H,17,18). The number of benzene rings is 1. The molecule has 0 saturated carbocycles. The average Bonchev–Trinajstić information content (AvgIpc) is 2.34. The summed E-state index contributed by atoms with van der Waals surface area (Å²) in [4.78, 5) is 11.5. The Bertz CT molecular complexity index is 486. The monoisotopic (exact) mass is 261 g/mol. The van der Waals surface area contributed by atoms with Crippen LogP contribution in [0.4, 0.5) is 4.79 Å². The van der Waals surface area contributed by atoms with Gasteiger partial charge in [0.05, 0.1) is 11.6 Å². The fourth-order valence-electron chi connectivity index (χ4n) is 1.46. The molecule has 3 N–H and O–H groups in total. The first-order valence-corrected chi connectivity index (χ1v) is 6.04. The number of nitrogens with two attached hydrogens (primary N) is 1. The molecule has 1 unspecified atom stereocenters. The van der Waals surface area contributed by atoms with Crippen molar-refractivity contribution < 1.29 is 9.53 Å². The van der Waals surface area contributed by atoms with E-state index in [2.05, 4.69) is 11.4 Å². The van der Waals surface area contributed by atoms with Crippen LogP contribution in [-0.4, -0.2) is 18.2 Å². The number of nitrogens with one attached hydrogen (secondary N) is 1. The van der Waals surface area contributed by atoms with Crippen LogP contribution in [-0.2, 0) is 4.74 Å². The molecule has 102 valence electrons. The molecule has 1 atom stereocenters. The van der Waals surface area contributed by atoms with Crippen LogP contribution in [0, 0.1) is 11.3 Å². The molecule has 1 rings (SSSR count). The molecule has 0 aliphatic rings. The van der Waals surface area contributed by atoms with Crippen molar-refractivity contribution in [1.29, 1.82) is 5.26 Å². The fraction of sp³-hybridized carbons (Fsp3) is 0.429. The van der Waals surface area contributed by atoms with Crippen LogP contribution in [0.5, 0.6) is 0 Å². The highest BCUT2D eigenvalue weighted by atomic mass is 16.6. The number of ether oxygens (including phenoxy) is 1. The topological polar surface area (TPSA) is 88.1 Å². The Morgan fingerprint density at radius 1 is 1.53 bits per heavy atom. The highest BCUT2D eigenvalue weighted by Crippen LogP contribution is 2.12. The molecule has 19 heavy (non-hydrogen) atoms. The van der Waals surface area contributed by atoms with E-state index in [0.29, 0.717) is 5.56 Å². The van der Waals surface area contributed by atoms with Gasteiger partial charge in [0, 0.05) is 12.6 Å². The van der Waals surface area contributed by atoms with Gasteiger partial charge in [-0.2, -0.15) is 5.26 Å². The van der Waals surface area contributed by atoms with E-state index in [1.54, 1.807) is 39.0 Å². The van der Waals surface area contributed by atoms with Crippen molar-refractivity contribution in [3.8, 4) is 6.07 Å². The Labute approximate surface area is 113 Å². The second-order valence-electron chi connectivity index (χ2n) is 5.23. The summed E-state index contributed by atoms with van der Waals surface area (Å²) in [5.41, 5.74) is 6.77. The van der Waals surface area contributed by atoms with Gasteiger partial charge in [-0.25, -0.2) is 4.79 Å². The van der Waals surface area contributed by atoms with Crippen LogP contribution in [0.15, 0.2) is 24.3 Å². The van der Waals surface area contributed by atoms with E-state index in [1.165, 1.54) is 0 Å². The average molecular weight is 261 g/mol. The van der Waals surface area contributed by atoms with Crippen molar-refractivity contribution in [2.75, 3.05) is 6.54 Å². The van der Waals surface area contributed by atoms with Gasteiger partial charge in [-0.3, -0.25) is 0 Å². The minimum absolute atomic E-state index is 0.254. The normalized spacial score (nSPS) is 12.4. The van der Waals surface area contributed by atoms with Crippen molar-refractivity contribution in [3.63, 3.8) is 0 Å². The molecule has 1 aromatic carbocycles. The molecule has 0 aliphatic heterocycles. The number of nitriles is 1. The lowest BCUT2D eigenvalue weighted by Crippen LogP contribution is -2.36. The molecular formula is C14H19N3O2. The first-order chi connectivity index (χ1) is 8.81. The lowest BCUT2D eigenvalue weighted by Gasteiger charge is -2.21. The van der Waals surface area contributed by atoms with Gasteiger partial charge in [0.1, 0.15) is 5.60 Å². The number of alkyl carbamates (subject to hydrolysis) is 1. The van der Waals surface area contributed by atoms with Gasteiger partial charge in [0.2, 0.25) is 0 Å². The third kappa shape index (κ3) is 5.40. The summed E-state index contributed by atoms with van der Waals surface area (Å²) < 4.78 is 5.11. The third-order valence-corrected chi connectivity index (χ3v) is 2.31. The fourth-order valence-corrected chi connectivity index (χ4v) is 1.46. The summed E-state index contributed by atoms with van der Waals surface area (Å²) >= 11 is 0. The Morgan fingerprint density at radius 3 is 2.79 bits per heavy atom. The minimum Gasteiger partial charge on any atom is -0.444 e. The number of rotatable bonds is 3. The number of hydrogen-bond acceptors (Lipinski definition) is 4. The highest BCUT2D eigenvalue weighted by molar-refractivity contribution is 5.67. The SMILES string of the molecule is CC(C)(C)OC(=O)NCC(N)c1cccc(C#N)c1. The molecule has 1 amide bonds. The number of amides is 1. The molecule has 0 aromatic heterocycles. The molecule has 0 fully saturated rings. The predicted octanol–water partition coefficient (Wildman–Crippen LogP) is 2.08. The maximum absolute atomic E-state index is 11.5. The minimum atomic E-state index is -0.533. The Balaban J connectivity index is 2.54. The molecule has 1 aromatic rings. The van der Waals surface area contributed by atoms with Gasteiger partial charge in [-0.15, -0.1) is 0 Å².